The molecule has 25 heavy (non-hydrogen) atoms. The van der Waals surface area contributed by atoms with Gasteiger partial charge in [0.2, 0.25) is 0 Å². The Kier molecular flexibility index (Phi) is 5.61. The van der Waals surface area contributed by atoms with Gasteiger partial charge >= 0.3 is 0 Å². The van der Waals surface area contributed by atoms with Gasteiger partial charge in [0.15, 0.2) is 12.3 Å². The van der Waals surface area contributed by atoms with E-state index in [1.165, 1.54) is 24.2 Å². The molecule has 1 amide bonds. The number of hydrogen-bond donors (Lipinski definition) is 2. The first-order valence-corrected chi connectivity index (χ1v) is 8.97. The molecule has 4 heteroatoms. The van der Waals surface area contributed by atoms with E-state index in [-0.39, 0.29) is 11.7 Å². The highest BCUT2D eigenvalue weighted by Crippen LogP contribution is 2.21. The van der Waals surface area contributed by atoms with Crippen LogP contribution in [0.1, 0.15) is 40.7 Å². The van der Waals surface area contributed by atoms with E-state index in [1.54, 1.807) is 12.1 Å². The standard InChI is InChI=1S/C21H24N2O2/c1-16-10-11-19(22-20(24)15-23-12-6-3-7-13-23)18(14-16)21(25)17-8-4-2-5-9-17/h2,4-5,8-11,14H,3,6-7,12-13,15H2,1H3,(H,22,24)/p+1. The van der Waals surface area contributed by atoms with Gasteiger partial charge in [-0.1, -0.05) is 42.0 Å². The van der Waals surface area contributed by atoms with Crippen LogP contribution in [0.15, 0.2) is 48.5 Å². The Bertz CT molecular complexity index is 750. The van der Waals surface area contributed by atoms with Crippen LogP contribution in [0.2, 0.25) is 0 Å². The zero-order valence-electron chi connectivity index (χ0n) is 14.7. The number of hydrogen-bond acceptors (Lipinski definition) is 2. The van der Waals surface area contributed by atoms with Crippen LogP contribution in [0.5, 0.6) is 0 Å². The Labute approximate surface area is 148 Å². The Morgan fingerprint density at radius 1 is 1.00 bits per heavy atom. The number of amides is 1. The summed E-state index contributed by atoms with van der Waals surface area (Å²) in [6.07, 6.45) is 3.63. The molecule has 0 aromatic heterocycles. The first-order valence-electron chi connectivity index (χ1n) is 8.97. The van der Waals surface area contributed by atoms with E-state index in [0.717, 1.165) is 18.7 Å². The Balaban J connectivity index is 1.77. The number of aryl methyl sites for hydroxylation is 1. The van der Waals surface area contributed by atoms with Crippen LogP contribution in [0.4, 0.5) is 5.69 Å². The van der Waals surface area contributed by atoms with Crippen molar-refractivity contribution in [1.29, 1.82) is 0 Å². The summed E-state index contributed by atoms with van der Waals surface area (Å²) in [5.41, 5.74) is 2.78. The molecule has 2 aromatic rings. The molecule has 1 aliphatic heterocycles. The highest BCUT2D eigenvalue weighted by atomic mass is 16.2. The van der Waals surface area contributed by atoms with E-state index in [0.29, 0.717) is 23.4 Å². The van der Waals surface area contributed by atoms with Crippen molar-refractivity contribution in [2.75, 3.05) is 25.0 Å². The van der Waals surface area contributed by atoms with Crippen molar-refractivity contribution in [2.24, 2.45) is 0 Å². The van der Waals surface area contributed by atoms with Gasteiger partial charge < -0.3 is 10.2 Å². The van der Waals surface area contributed by atoms with Crippen LogP contribution in [-0.2, 0) is 4.79 Å². The number of likely N-dealkylation sites (tertiary alicyclic amines) is 1. The summed E-state index contributed by atoms with van der Waals surface area (Å²) in [4.78, 5) is 26.6. The zero-order valence-corrected chi connectivity index (χ0v) is 14.7. The summed E-state index contributed by atoms with van der Waals surface area (Å²) in [5, 5.41) is 2.96. The SMILES string of the molecule is Cc1ccc(NC(=O)C[NH+]2CCCCC2)c(C(=O)c2ccccc2)c1. The first-order chi connectivity index (χ1) is 12.1. The molecule has 130 valence electrons. The van der Waals surface area contributed by atoms with Gasteiger partial charge in [0.1, 0.15) is 0 Å². The summed E-state index contributed by atoms with van der Waals surface area (Å²) < 4.78 is 0. The van der Waals surface area contributed by atoms with Crippen molar-refractivity contribution in [3.63, 3.8) is 0 Å². The normalized spacial score (nSPS) is 14.9. The fourth-order valence-corrected chi connectivity index (χ4v) is 3.35. The second-order valence-corrected chi connectivity index (χ2v) is 6.78. The Morgan fingerprint density at radius 2 is 1.72 bits per heavy atom. The van der Waals surface area contributed by atoms with E-state index >= 15 is 0 Å². The number of carbonyl (C=O) groups excluding carboxylic acids is 2. The van der Waals surface area contributed by atoms with Crippen LogP contribution >= 0.6 is 0 Å². The largest absolute Gasteiger partial charge is 0.327 e. The third-order valence-electron chi connectivity index (χ3n) is 4.70. The number of anilines is 1. The average molecular weight is 337 g/mol. The second kappa shape index (κ2) is 8.08. The van der Waals surface area contributed by atoms with E-state index < -0.39 is 0 Å². The van der Waals surface area contributed by atoms with E-state index in [4.69, 9.17) is 0 Å². The number of rotatable bonds is 5. The molecule has 0 saturated carbocycles. The van der Waals surface area contributed by atoms with Gasteiger partial charge in [-0.15, -0.1) is 0 Å². The minimum atomic E-state index is -0.0649. The summed E-state index contributed by atoms with van der Waals surface area (Å²) in [6.45, 7) is 4.52. The maximum atomic E-state index is 12.8. The maximum Gasteiger partial charge on any atom is 0.279 e. The summed E-state index contributed by atoms with van der Waals surface area (Å²) in [6, 6.07) is 14.8. The number of ketones is 1. The van der Waals surface area contributed by atoms with Crippen LogP contribution in [0, 0.1) is 6.92 Å². The van der Waals surface area contributed by atoms with Crippen molar-refractivity contribution in [3.8, 4) is 0 Å². The molecule has 2 N–H and O–H groups in total. The van der Waals surface area contributed by atoms with Crippen molar-refractivity contribution in [3.05, 3.63) is 65.2 Å². The molecule has 1 heterocycles. The number of benzene rings is 2. The van der Waals surface area contributed by atoms with E-state index in [9.17, 15) is 9.59 Å². The van der Waals surface area contributed by atoms with Gasteiger partial charge in [0.25, 0.3) is 5.91 Å². The predicted molar refractivity (Wildman–Crippen MR) is 99.1 cm³/mol. The Morgan fingerprint density at radius 3 is 2.44 bits per heavy atom. The quantitative estimate of drug-likeness (QED) is 0.822. The summed E-state index contributed by atoms with van der Waals surface area (Å²) in [5.74, 6) is -0.0900. The molecule has 2 aromatic carbocycles. The zero-order chi connectivity index (χ0) is 17.6. The van der Waals surface area contributed by atoms with Gasteiger partial charge in [-0.05, 0) is 38.3 Å². The molecule has 0 spiro atoms. The number of piperidine rings is 1. The fourth-order valence-electron chi connectivity index (χ4n) is 3.35. The average Bonchev–Trinajstić information content (AvgIpc) is 2.64. The van der Waals surface area contributed by atoms with Crippen LogP contribution in [0.25, 0.3) is 0 Å². The molecule has 0 atom stereocenters. The predicted octanol–water partition coefficient (Wildman–Crippen LogP) is 2.23. The lowest BCUT2D eigenvalue weighted by molar-refractivity contribution is -0.896. The molecule has 3 rings (SSSR count). The topological polar surface area (TPSA) is 50.6 Å². The molecule has 0 unspecified atom stereocenters. The maximum absolute atomic E-state index is 12.8. The molecule has 1 saturated heterocycles. The molecular weight excluding hydrogens is 312 g/mol. The molecule has 0 bridgehead atoms. The van der Waals surface area contributed by atoms with Gasteiger partial charge in [-0.3, -0.25) is 9.59 Å². The highest BCUT2D eigenvalue weighted by Gasteiger charge is 2.20. The van der Waals surface area contributed by atoms with Crippen molar-refractivity contribution in [1.82, 2.24) is 0 Å². The number of carbonyl (C=O) groups is 2. The van der Waals surface area contributed by atoms with Crippen molar-refractivity contribution < 1.29 is 14.5 Å². The van der Waals surface area contributed by atoms with E-state index in [2.05, 4.69) is 5.32 Å². The lowest BCUT2D eigenvalue weighted by Gasteiger charge is -2.23. The molecule has 1 fully saturated rings. The lowest BCUT2D eigenvalue weighted by Crippen LogP contribution is -3.13. The third kappa shape index (κ3) is 4.54. The minimum absolute atomic E-state index is 0.0251. The smallest absolute Gasteiger partial charge is 0.279 e. The van der Waals surface area contributed by atoms with Gasteiger partial charge in [0.05, 0.1) is 18.8 Å². The van der Waals surface area contributed by atoms with Gasteiger partial charge in [0, 0.05) is 11.1 Å². The van der Waals surface area contributed by atoms with Crippen LogP contribution < -0.4 is 10.2 Å². The van der Waals surface area contributed by atoms with Gasteiger partial charge in [-0.2, -0.15) is 0 Å². The molecule has 1 aliphatic rings. The summed E-state index contributed by atoms with van der Waals surface area (Å²) >= 11 is 0. The lowest BCUT2D eigenvalue weighted by atomic mass is 9.99. The minimum Gasteiger partial charge on any atom is -0.327 e. The van der Waals surface area contributed by atoms with Crippen molar-refractivity contribution >= 4 is 17.4 Å². The monoisotopic (exact) mass is 337 g/mol. The van der Waals surface area contributed by atoms with E-state index in [1.807, 2.05) is 43.3 Å². The molecule has 0 aliphatic carbocycles. The van der Waals surface area contributed by atoms with Crippen LogP contribution in [0.3, 0.4) is 0 Å². The molecule has 4 nitrogen and oxygen atoms in total. The van der Waals surface area contributed by atoms with Gasteiger partial charge in [-0.25, -0.2) is 0 Å². The summed E-state index contributed by atoms with van der Waals surface area (Å²) in [7, 11) is 0. The second-order valence-electron chi connectivity index (χ2n) is 6.78. The Hall–Kier alpha value is -2.46. The third-order valence-corrected chi connectivity index (χ3v) is 4.70. The van der Waals surface area contributed by atoms with Crippen LogP contribution in [-0.4, -0.2) is 31.3 Å². The van der Waals surface area contributed by atoms with Crippen molar-refractivity contribution in [2.45, 2.75) is 26.2 Å². The number of nitrogens with one attached hydrogen (secondary N) is 2. The molecule has 0 radical (unpaired) electrons. The number of quaternary nitrogens is 1. The first kappa shape index (κ1) is 17.4. The fraction of sp³-hybridized carbons (Fsp3) is 0.333. The highest BCUT2D eigenvalue weighted by molar-refractivity contribution is 6.14. The molecular formula is C21H25N2O2+.